The van der Waals surface area contributed by atoms with Gasteiger partial charge in [-0.3, -0.25) is 14.5 Å². The van der Waals surface area contributed by atoms with Gasteiger partial charge in [-0.15, -0.1) is 0 Å². The van der Waals surface area contributed by atoms with Crippen LogP contribution in [0.25, 0.3) is 5.03 Å². The molecule has 3 aliphatic rings. The fraction of sp³-hybridized carbons (Fsp3) is 0.600. The first-order valence-electron chi connectivity index (χ1n) is 11.6. The molecule has 8 heteroatoms. The molecule has 0 unspecified atom stereocenters. The van der Waals surface area contributed by atoms with Gasteiger partial charge in [-0.25, -0.2) is 0 Å². The smallest absolute Gasteiger partial charge is 0.243 e. The molecular weight excluding hydrogens is 440 g/mol. The number of likely N-dealkylation sites (tertiary alicyclic amines) is 1. The summed E-state index contributed by atoms with van der Waals surface area (Å²) in [6, 6.07) is 5.14. The molecule has 1 aliphatic carbocycles. The Kier molecular flexibility index (Phi) is 9.32. The van der Waals surface area contributed by atoms with Crippen LogP contribution in [-0.4, -0.2) is 73.1 Å². The van der Waals surface area contributed by atoms with Crippen molar-refractivity contribution in [2.75, 3.05) is 39.4 Å². The highest BCUT2D eigenvalue weighted by Gasteiger charge is 2.39. The van der Waals surface area contributed by atoms with Crippen molar-refractivity contribution in [3.8, 4) is 0 Å². The van der Waals surface area contributed by atoms with Crippen molar-refractivity contribution in [1.29, 1.82) is 0 Å². The van der Waals surface area contributed by atoms with Crippen molar-refractivity contribution in [3.63, 3.8) is 0 Å². The SMILES string of the molecule is C.N[C@H](CCCCN1CCOCC1)C(=O)N1CC[C@H]1C(=O)NCc1ccc2c(c1)C(Cl)=CC2. The number of carbonyl (C=O) groups excluding carboxylic acids is 2. The summed E-state index contributed by atoms with van der Waals surface area (Å²) in [6.45, 7) is 5.58. The average Bonchev–Trinajstić information content (AvgIpc) is 3.15. The number of benzene rings is 1. The number of ether oxygens (including phenoxy) is 1. The molecule has 2 heterocycles. The quantitative estimate of drug-likeness (QED) is 0.535. The summed E-state index contributed by atoms with van der Waals surface area (Å²) in [6.07, 6.45) is 6.11. The molecule has 2 fully saturated rings. The lowest BCUT2D eigenvalue weighted by atomic mass is 9.98. The van der Waals surface area contributed by atoms with Crippen LogP contribution in [0.2, 0.25) is 0 Å². The second-order valence-electron chi connectivity index (χ2n) is 8.86. The molecule has 0 bridgehead atoms. The maximum Gasteiger partial charge on any atom is 0.243 e. The number of amides is 2. The number of hydrogen-bond donors (Lipinski definition) is 2. The second-order valence-corrected chi connectivity index (χ2v) is 9.27. The number of halogens is 1. The Hall–Kier alpha value is -1.93. The molecular formula is C25H37ClN4O3. The summed E-state index contributed by atoms with van der Waals surface area (Å²) in [5.74, 6) is -0.233. The Morgan fingerprint density at radius 1 is 1.21 bits per heavy atom. The molecule has 3 N–H and O–H groups in total. The predicted molar refractivity (Wildman–Crippen MR) is 132 cm³/mol. The van der Waals surface area contributed by atoms with Gasteiger partial charge in [0.15, 0.2) is 0 Å². The van der Waals surface area contributed by atoms with Crippen LogP contribution in [-0.2, 0) is 27.3 Å². The highest BCUT2D eigenvalue weighted by atomic mass is 35.5. The molecule has 2 saturated heterocycles. The number of fused-ring (bicyclic) bond motifs is 1. The van der Waals surface area contributed by atoms with Gasteiger partial charge in [0, 0.05) is 31.2 Å². The number of nitrogens with one attached hydrogen (secondary N) is 1. The van der Waals surface area contributed by atoms with Crippen LogP contribution in [0.4, 0.5) is 0 Å². The van der Waals surface area contributed by atoms with Crippen LogP contribution < -0.4 is 11.1 Å². The highest BCUT2D eigenvalue weighted by Crippen LogP contribution is 2.31. The van der Waals surface area contributed by atoms with E-state index in [2.05, 4.69) is 16.3 Å². The molecule has 2 amide bonds. The summed E-state index contributed by atoms with van der Waals surface area (Å²) in [5, 5.41) is 3.73. The fourth-order valence-electron chi connectivity index (χ4n) is 4.54. The summed E-state index contributed by atoms with van der Waals surface area (Å²) in [5.41, 5.74) is 9.41. The minimum atomic E-state index is -0.541. The van der Waals surface area contributed by atoms with E-state index >= 15 is 0 Å². The first-order valence-corrected chi connectivity index (χ1v) is 12.0. The van der Waals surface area contributed by atoms with E-state index in [9.17, 15) is 9.59 Å². The fourth-order valence-corrected chi connectivity index (χ4v) is 4.79. The van der Waals surface area contributed by atoms with Gasteiger partial charge in [-0.05, 0) is 55.0 Å². The van der Waals surface area contributed by atoms with Crippen LogP contribution in [0.3, 0.4) is 0 Å². The predicted octanol–water partition coefficient (Wildman–Crippen LogP) is 2.51. The Morgan fingerprint density at radius 3 is 2.73 bits per heavy atom. The molecule has 2 aliphatic heterocycles. The minimum Gasteiger partial charge on any atom is -0.379 e. The monoisotopic (exact) mass is 476 g/mol. The van der Waals surface area contributed by atoms with Crippen molar-refractivity contribution < 1.29 is 14.3 Å². The Labute approximate surface area is 202 Å². The zero-order chi connectivity index (χ0) is 22.5. The molecule has 182 valence electrons. The van der Waals surface area contributed by atoms with Crippen molar-refractivity contribution >= 4 is 28.4 Å². The average molecular weight is 477 g/mol. The van der Waals surface area contributed by atoms with E-state index in [1.54, 1.807) is 4.90 Å². The van der Waals surface area contributed by atoms with Gasteiger partial charge >= 0.3 is 0 Å². The van der Waals surface area contributed by atoms with Crippen molar-refractivity contribution in [3.05, 3.63) is 41.0 Å². The zero-order valence-electron chi connectivity index (χ0n) is 18.5. The van der Waals surface area contributed by atoms with E-state index in [1.165, 1.54) is 5.56 Å². The highest BCUT2D eigenvalue weighted by molar-refractivity contribution is 6.49. The maximum atomic E-state index is 12.7. The third-order valence-corrected chi connectivity index (χ3v) is 7.02. The number of nitrogens with zero attached hydrogens (tertiary/aromatic N) is 2. The van der Waals surface area contributed by atoms with E-state index < -0.39 is 12.1 Å². The van der Waals surface area contributed by atoms with Gasteiger partial charge in [0.1, 0.15) is 6.04 Å². The molecule has 0 spiro atoms. The van der Waals surface area contributed by atoms with E-state index in [4.69, 9.17) is 22.1 Å². The van der Waals surface area contributed by atoms with Crippen molar-refractivity contribution in [2.24, 2.45) is 5.73 Å². The molecule has 0 saturated carbocycles. The molecule has 7 nitrogen and oxygen atoms in total. The van der Waals surface area contributed by atoms with E-state index in [0.717, 1.165) is 68.3 Å². The Bertz CT molecular complexity index is 869. The Morgan fingerprint density at radius 2 is 2.00 bits per heavy atom. The van der Waals surface area contributed by atoms with Gasteiger partial charge in [-0.1, -0.05) is 43.7 Å². The molecule has 0 radical (unpaired) electrons. The van der Waals surface area contributed by atoms with E-state index in [0.29, 0.717) is 25.9 Å². The Balaban J connectivity index is 0.00000306. The van der Waals surface area contributed by atoms with Crippen molar-refractivity contribution in [1.82, 2.24) is 15.1 Å². The van der Waals surface area contributed by atoms with E-state index in [1.807, 2.05) is 18.2 Å². The van der Waals surface area contributed by atoms with Crippen LogP contribution >= 0.6 is 11.6 Å². The van der Waals surface area contributed by atoms with E-state index in [-0.39, 0.29) is 19.2 Å². The minimum absolute atomic E-state index is 0. The van der Waals surface area contributed by atoms with Gasteiger partial charge < -0.3 is 20.7 Å². The standard InChI is InChI=1S/C24H33ClN4O3.CH4/c25-20-7-6-18-5-4-17(15-19(18)20)16-27-23(30)22-8-10-29(22)24(31)21(26)3-1-2-9-28-11-13-32-14-12-28;/h4-5,7,15,21-22H,1-3,6,8-14,16,26H2,(H,27,30);1H4/t21-,22+;/m1./s1. The number of allylic oxidation sites excluding steroid dienone is 1. The first-order chi connectivity index (χ1) is 15.5. The molecule has 33 heavy (non-hydrogen) atoms. The summed E-state index contributed by atoms with van der Waals surface area (Å²) in [4.78, 5) is 29.4. The van der Waals surface area contributed by atoms with Crippen LogP contribution in [0.5, 0.6) is 0 Å². The van der Waals surface area contributed by atoms with Gasteiger partial charge in [0.2, 0.25) is 11.8 Å². The number of carbonyl (C=O) groups is 2. The van der Waals surface area contributed by atoms with Crippen LogP contribution in [0.1, 0.15) is 49.8 Å². The van der Waals surface area contributed by atoms with Gasteiger partial charge in [0.25, 0.3) is 0 Å². The lowest BCUT2D eigenvalue weighted by Gasteiger charge is -2.41. The molecule has 2 atom stereocenters. The number of hydrogen-bond acceptors (Lipinski definition) is 5. The first kappa shape index (κ1) is 25.7. The molecule has 1 aromatic rings. The third kappa shape index (κ3) is 6.35. The van der Waals surface area contributed by atoms with Gasteiger partial charge in [-0.2, -0.15) is 0 Å². The van der Waals surface area contributed by atoms with Crippen molar-refractivity contribution in [2.45, 2.75) is 58.2 Å². The maximum absolute atomic E-state index is 12.7. The lowest BCUT2D eigenvalue weighted by Crippen LogP contribution is -2.61. The van der Waals surface area contributed by atoms with Crippen LogP contribution in [0.15, 0.2) is 24.3 Å². The third-order valence-electron chi connectivity index (χ3n) is 6.67. The van der Waals surface area contributed by atoms with Gasteiger partial charge in [0.05, 0.1) is 19.3 Å². The number of nitrogens with two attached hydrogens (primary N) is 1. The zero-order valence-corrected chi connectivity index (χ0v) is 19.3. The normalized spacial score (nSPS) is 20.8. The molecule has 4 rings (SSSR count). The summed E-state index contributed by atoms with van der Waals surface area (Å²) < 4.78 is 5.36. The molecule has 1 aromatic carbocycles. The number of rotatable bonds is 9. The number of morpholine rings is 1. The summed E-state index contributed by atoms with van der Waals surface area (Å²) in [7, 11) is 0. The number of unbranched alkanes of at least 4 members (excludes halogenated alkanes) is 1. The van der Waals surface area contributed by atoms with Crippen LogP contribution in [0, 0.1) is 0 Å². The summed E-state index contributed by atoms with van der Waals surface area (Å²) >= 11 is 6.24. The topological polar surface area (TPSA) is 87.9 Å². The largest absolute Gasteiger partial charge is 0.379 e. The second kappa shape index (κ2) is 12.0. The molecule has 0 aromatic heterocycles. The lowest BCUT2D eigenvalue weighted by molar-refractivity contribution is -0.148.